The van der Waals surface area contributed by atoms with Gasteiger partial charge in [-0.25, -0.2) is 0 Å². The lowest BCUT2D eigenvalue weighted by Gasteiger charge is -2.06. The fraction of sp³-hybridized carbons (Fsp3) is 0.286. The first-order valence-electron chi connectivity index (χ1n) is 5.71. The minimum absolute atomic E-state index is 0.421. The molecule has 0 aliphatic carbocycles. The van der Waals surface area contributed by atoms with Crippen molar-refractivity contribution in [3.8, 4) is 11.8 Å². The summed E-state index contributed by atoms with van der Waals surface area (Å²) >= 11 is 0. The van der Waals surface area contributed by atoms with Crippen LogP contribution in [0, 0.1) is 25.2 Å². The van der Waals surface area contributed by atoms with E-state index in [0.29, 0.717) is 13.0 Å². The van der Waals surface area contributed by atoms with Gasteiger partial charge in [-0.2, -0.15) is 5.26 Å². The van der Waals surface area contributed by atoms with Crippen LogP contribution in [0.15, 0.2) is 28.8 Å². The van der Waals surface area contributed by atoms with Gasteiger partial charge in [0.1, 0.15) is 18.1 Å². The van der Waals surface area contributed by atoms with Gasteiger partial charge in [0.2, 0.25) is 0 Å². The molecule has 0 amide bonds. The van der Waals surface area contributed by atoms with Crippen LogP contribution in [-0.2, 0) is 13.0 Å². The van der Waals surface area contributed by atoms with Gasteiger partial charge in [0.15, 0.2) is 0 Å². The van der Waals surface area contributed by atoms with Gasteiger partial charge in [-0.15, -0.1) is 0 Å². The highest BCUT2D eigenvalue weighted by Crippen LogP contribution is 2.17. The minimum Gasteiger partial charge on any atom is -0.489 e. The van der Waals surface area contributed by atoms with Gasteiger partial charge >= 0.3 is 0 Å². The molecule has 0 unspecified atom stereocenters. The maximum atomic E-state index is 8.58. The molecule has 1 aromatic carbocycles. The van der Waals surface area contributed by atoms with E-state index in [4.69, 9.17) is 14.5 Å². The molecule has 1 heterocycles. The molecule has 2 rings (SSSR count). The maximum Gasteiger partial charge on any atom is 0.140 e. The first-order valence-corrected chi connectivity index (χ1v) is 5.71. The lowest BCUT2D eigenvalue weighted by atomic mass is 10.1. The van der Waals surface area contributed by atoms with E-state index in [-0.39, 0.29) is 0 Å². The van der Waals surface area contributed by atoms with Crippen molar-refractivity contribution in [2.24, 2.45) is 0 Å². The minimum atomic E-state index is 0.421. The van der Waals surface area contributed by atoms with Crippen LogP contribution in [0.2, 0.25) is 0 Å². The van der Waals surface area contributed by atoms with Gasteiger partial charge in [0.05, 0.1) is 23.7 Å². The van der Waals surface area contributed by atoms with E-state index >= 15 is 0 Å². The van der Waals surface area contributed by atoms with Crippen LogP contribution in [0.1, 0.15) is 22.6 Å². The van der Waals surface area contributed by atoms with E-state index in [1.807, 2.05) is 38.1 Å². The number of hydrogen-bond donors (Lipinski definition) is 0. The van der Waals surface area contributed by atoms with Crippen LogP contribution in [0.25, 0.3) is 0 Å². The number of rotatable bonds is 4. The normalized spacial score (nSPS) is 10.1. The Morgan fingerprint density at radius 2 is 2.00 bits per heavy atom. The molecule has 18 heavy (non-hydrogen) atoms. The molecule has 0 saturated heterocycles. The zero-order valence-corrected chi connectivity index (χ0v) is 10.4. The molecule has 0 bridgehead atoms. The smallest absolute Gasteiger partial charge is 0.140 e. The molecule has 0 aliphatic rings. The third kappa shape index (κ3) is 2.69. The van der Waals surface area contributed by atoms with Crippen LogP contribution in [-0.4, -0.2) is 5.16 Å². The summed E-state index contributed by atoms with van der Waals surface area (Å²) in [6, 6.07) is 9.63. The molecule has 0 saturated carbocycles. The van der Waals surface area contributed by atoms with E-state index in [2.05, 4.69) is 11.2 Å². The van der Waals surface area contributed by atoms with Crippen molar-refractivity contribution in [2.45, 2.75) is 26.9 Å². The monoisotopic (exact) mass is 242 g/mol. The van der Waals surface area contributed by atoms with Gasteiger partial charge in [0, 0.05) is 0 Å². The van der Waals surface area contributed by atoms with Crippen molar-refractivity contribution in [1.29, 1.82) is 5.26 Å². The summed E-state index contributed by atoms with van der Waals surface area (Å²) in [5, 5.41) is 12.5. The summed E-state index contributed by atoms with van der Waals surface area (Å²) in [6.45, 7) is 4.21. The second-order valence-corrected chi connectivity index (χ2v) is 4.07. The van der Waals surface area contributed by atoms with Crippen LogP contribution < -0.4 is 4.74 Å². The van der Waals surface area contributed by atoms with Crippen LogP contribution in [0.4, 0.5) is 0 Å². The number of aryl methyl sites for hydroxylation is 2. The Balaban J connectivity index is 2.00. The Morgan fingerprint density at radius 1 is 1.28 bits per heavy atom. The Morgan fingerprint density at radius 3 is 2.56 bits per heavy atom. The zero-order valence-electron chi connectivity index (χ0n) is 10.4. The standard InChI is InChI=1S/C14H14N2O2/c1-10-14(11(2)18-16-10)9-17-13-5-3-12(4-6-13)7-8-15/h3-6H,7,9H2,1-2H3. The molecule has 0 aliphatic heterocycles. The fourth-order valence-corrected chi connectivity index (χ4v) is 1.66. The third-order valence-electron chi connectivity index (χ3n) is 2.77. The van der Waals surface area contributed by atoms with E-state index in [1.165, 1.54) is 0 Å². The number of ether oxygens (including phenoxy) is 1. The first-order chi connectivity index (χ1) is 8.70. The number of benzene rings is 1. The van der Waals surface area contributed by atoms with Crippen LogP contribution in [0.5, 0.6) is 5.75 Å². The Hall–Kier alpha value is -2.28. The molecule has 92 valence electrons. The van der Waals surface area contributed by atoms with Crippen molar-refractivity contribution >= 4 is 0 Å². The van der Waals surface area contributed by atoms with E-state index in [0.717, 1.165) is 28.3 Å². The molecule has 0 radical (unpaired) electrons. The predicted octanol–water partition coefficient (Wildman–Crippen LogP) is 2.94. The van der Waals surface area contributed by atoms with Gasteiger partial charge in [0.25, 0.3) is 0 Å². The average molecular weight is 242 g/mol. The zero-order chi connectivity index (χ0) is 13.0. The highest BCUT2D eigenvalue weighted by atomic mass is 16.5. The summed E-state index contributed by atoms with van der Waals surface area (Å²) in [5.74, 6) is 1.56. The van der Waals surface area contributed by atoms with E-state index in [1.54, 1.807) is 0 Å². The van der Waals surface area contributed by atoms with Crippen molar-refractivity contribution in [3.63, 3.8) is 0 Å². The topological polar surface area (TPSA) is 59.1 Å². The SMILES string of the molecule is Cc1noc(C)c1COc1ccc(CC#N)cc1. The largest absolute Gasteiger partial charge is 0.489 e. The second-order valence-electron chi connectivity index (χ2n) is 4.07. The van der Waals surface area contributed by atoms with Crippen LogP contribution >= 0.6 is 0 Å². The Labute approximate surface area is 106 Å². The maximum absolute atomic E-state index is 8.58. The van der Waals surface area contributed by atoms with Crippen molar-refractivity contribution in [2.75, 3.05) is 0 Å². The highest BCUT2D eigenvalue weighted by molar-refractivity contribution is 5.29. The van der Waals surface area contributed by atoms with Crippen molar-refractivity contribution < 1.29 is 9.26 Å². The molecule has 0 spiro atoms. The number of nitrogens with zero attached hydrogens (tertiary/aromatic N) is 2. The summed E-state index contributed by atoms with van der Waals surface area (Å²) in [5.41, 5.74) is 2.83. The molecule has 2 aromatic rings. The van der Waals surface area contributed by atoms with Gasteiger partial charge < -0.3 is 9.26 Å². The predicted molar refractivity (Wildman–Crippen MR) is 66.1 cm³/mol. The molecule has 4 nitrogen and oxygen atoms in total. The fourth-order valence-electron chi connectivity index (χ4n) is 1.66. The highest BCUT2D eigenvalue weighted by Gasteiger charge is 2.09. The van der Waals surface area contributed by atoms with Crippen molar-refractivity contribution in [1.82, 2.24) is 5.16 Å². The number of hydrogen-bond acceptors (Lipinski definition) is 4. The molecule has 1 aromatic heterocycles. The summed E-state index contributed by atoms with van der Waals surface area (Å²) in [6.07, 6.45) is 0.421. The second kappa shape index (κ2) is 5.37. The van der Waals surface area contributed by atoms with Gasteiger partial charge in [-0.1, -0.05) is 17.3 Å². The molecule has 0 N–H and O–H groups in total. The first kappa shape index (κ1) is 12.2. The Kier molecular flexibility index (Phi) is 3.63. The number of nitriles is 1. The molecule has 4 heteroatoms. The molecule has 0 fully saturated rings. The van der Waals surface area contributed by atoms with Gasteiger partial charge in [-0.05, 0) is 31.5 Å². The van der Waals surface area contributed by atoms with Gasteiger partial charge in [-0.3, -0.25) is 0 Å². The Bertz CT molecular complexity index is 545. The quantitative estimate of drug-likeness (QED) is 0.827. The van der Waals surface area contributed by atoms with E-state index in [9.17, 15) is 0 Å². The van der Waals surface area contributed by atoms with E-state index < -0.39 is 0 Å². The summed E-state index contributed by atoms with van der Waals surface area (Å²) in [7, 11) is 0. The molecular weight excluding hydrogens is 228 g/mol. The van der Waals surface area contributed by atoms with Crippen molar-refractivity contribution in [3.05, 3.63) is 46.8 Å². The lowest BCUT2D eigenvalue weighted by molar-refractivity contribution is 0.301. The molecular formula is C14H14N2O2. The summed E-state index contributed by atoms with van der Waals surface area (Å²) < 4.78 is 10.7. The third-order valence-corrected chi connectivity index (χ3v) is 2.77. The average Bonchev–Trinajstić information content (AvgIpc) is 2.69. The lowest BCUT2D eigenvalue weighted by Crippen LogP contribution is -1.97. The summed E-state index contributed by atoms with van der Waals surface area (Å²) in [4.78, 5) is 0. The number of aromatic nitrogens is 1. The van der Waals surface area contributed by atoms with Crippen LogP contribution in [0.3, 0.4) is 0 Å². The molecule has 0 atom stereocenters.